The summed E-state index contributed by atoms with van der Waals surface area (Å²) in [6.07, 6.45) is 0. The number of sulfonamides is 1. The van der Waals surface area contributed by atoms with Gasteiger partial charge in [-0.05, 0) is 36.8 Å². The van der Waals surface area contributed by atoms with E-state index in [1.54, 1.807) is 6.92 Å². The number of nitrogens with one attached hydrogen (secondary N) is 1. The maximum absolute atomic E-state index is 13.5. The normalized spacial score (nSPS) is 11.4. The van der Waals surface area contributed by atoms with Crippen LogP contribution in [0.5, 0.6) is 0 Å². The molecule has 0 amide bonds. The molecule has 21 heavy (non-hydrogen) atoms. The standard InChI is InChI=1S/C13H11ClF2N2O2S/c1-7-9(14)5-8(6-11(7)17)21(19,20)18-12-4-2-3-10(15)13(12)16/h2-6,18H,17H2,1H3. The van der Waals surface area contributed by atoms with Gasteiger partial charge in [-0.3, -0.25) is 4.72 Å². The van der Waals surface area contributed by atoms with Gasteiger partial charge in [0.25, 0.3) is 10.0 Å². The molecule has 0 bridgehead atoms. The molecule has 112 valence electrons. The predicted molar refractivity (Wildman–Crippen MR) is 77.8 cm³/mol. The summed E-state index contributed by atoms with van der Waals surface area (Å²) in [5.74, 6) is -2.44. The lowest BCUT2D eigenvalue weighted by atomic mass is 10.2. The molecule has 0 atom stereocenters. The number of hydrogen-bond donors (Lipinski definition) is 2. The van der Waals surface area contributed by atoms with E-state index in [0.29, 0.717) is 5.56 Å². The summed E-state index contributed by atoms with van der Waals surface area (Å²) in [6, 6.07) is 5.56. The SMILES string of the molecule is Cc1c(N)cc(S(=O)(=O)Nc2cccc(F)c2F)cc1Cl. The molecule has 0 aromatic heterocycles. The van der Waals surface area contributed by atoms with Crippen LogP contribution in [0.4, 0.5) is 20.2 Å². The average molecular weight is 333 g/mol. The zero-order valence-corrected chi connectivity index (χ0v) is 12.4. The molecular formula is C13H11ClF2N2O2S. The molecule has 8 heteroatoms. The van der Waals surface area contributed by atoms with Crippen molar-refractivity contribution in [2.75, 3.05) is 10.5 Å². The van der Waals surface area contributed by atoms with E-state index in [1.807, 2.05) is 4.72 Å². The van der Waals surface area contributed by atoms with E-state index in [4.69, 9.17) is 17.3 Å². The van der Waals surface area contributed by atoms with Gasteiger partial charge in [0, 0.05) is 10.7 Å². The Labute approximate surface area is 125 Å². The zero-order valence-electron chi connectivity index (χ0n) is 10.8. The van der Waals surface area contributed by atoms with E-state index in [0.717, 1.165) is 12.1 Å². The van der Waals surface area contributed by atoms with E-state index in [1.165, 1.54) is 18.2 Å². The number of nitrogen functional groups attached to an aromatic ring is 1. The van der Waals surface area contributed by atoms with Crippen LogP contribution in [-0.2, 0) is 10.0 Å². The number of halogens is 3. The van der Waals surface area contributed by atoms with Crippen molar-refractivity contribution in [1.82, 2.24) is 0 Å². The van der Waals surface area contributed by atoms with Gasteiger partial charge in [0.15, 0.2) is 11.6 Å². The smallest absolute Gasteiger partial charge is 0.262 e. The largest absolute Gasteiger partial charge is 0.398 e. The first-order chi connectivity index (χ1) is 9.72. The Morgan fingerprint density at radius 3 is 2.52 bits per heavy atom. The van der Waals surface area contributed by atoms with Crippen molar-refractivity contribution in [2.24, 2.45) is 0 Å². The Hall–Kier alpha value is -1.86. The quantitative estimate of drug-likeness (QED) is 0.847. The first kappa shape index (κ1) is 15.5. The minimum atomic E-state index is -4.14. The van der Waals surface area contributed by atoms with E-state index >= 15 is 0 Å². The fourth-order valence-corrected chi connectivity index (χ4v) is 3.03. The molecule has 4 nitrogen and oxygen atoms in total. The lowest BCUT2D eigenvalue weighted by Gasteiger charge is -2.11. The van der Waals surface area contributed by atoms with Gasteiger partial charge >= 0.3 is 0 Å². The van der Waals surface area contributed by atoms with Gasteiger partial charge in [-0.15, -0.1) is 0 Å². The second-order valence-corrected chi connectivity index (χ2v) is 6.42. The van der Waals surface area contributed by atoms with E-state index < -0.39 is 27.3 Å². The summed E-state index contributed by atoms with van der Waals surface area (Å²) < 4.78 is 52.9. The van der Waals surface area contributed by atoms with Crippen LogP contribution in [0, 0.1) is 18.6 Å². The van der Waals surface area contributed by atoms with Crippen LogP contribution in [0.15, 0.2) is 35.2 Å². The van der Waals surface area contributed by atoms with Crippen LogP contribution in [-0.4, -0.2) is 8.42 Å². The topological polar surface area (TPSA) is 72.2 Å². The number of rotatable bonds is 3. The lowest BCUT2D eigenvalue weighted by Crippen LogP contribution is -2.15. The number of anilines is 2. The Balaban J connectivity index is 2.46. The highest BCUT2D eigenvalue weighted by molar-refractivity contribution is 7.92. The van der Waals surface area contributed by atoms with Crippen molar-refractivity contribution in [1.29, 1.82) is 0 Å². The van der Waals surface area contributed by atoms with Crippen LogP contribution in [0.2, 0.25) is 5.02 Å². The fourth-order valence-electron chi connectivity index (χ4n) is 1.62. The summed E-state index contributed by atoms with van der Waals surface area (Å²) in [4.78, 5) is -0.237. The van der Waals surface area contributed by atoms with Gasteiger partial charge in [0.1, 0.15) is 0 Å². The summed E-state index contributed by atoms with van der Waals surface area (Å²) in [5, 5.41) is 0.162. The highest BCUT2D eigenvalue weighted by Crippen LogP contribution is 2.28. The Morgan fingerprint density at radius 2 is 1.90 bits per heavy atom. The zero-order chi connectivity index (χ0) is 15.8. The molecule has 2 aromatic rings. The van der Waals surface area contributed by atoms with Crippen LogP contribution in [0.3, 0.4) is 0 Å². The molecule has 0 saturated heterocycles. The maximum Gasteiger partial charge on any atom is 0.262 e. The lowest BCUT2D eigenvalue weighted by molar-refractivity contribution is 0.511. The Kier molecular flexibility index (Phi) is 4.06. The van der Waals surface area contributed by atoms with E-state index in [2.05, 4.69) is 0 Å². The number of hydrogen-bond acceptors (Lipinski definition) is 3. The third-order valence-corrected chi connectivity index (χ3v) is 4.60. The third-order valence-electron chi connectivity index (χ3n) is 2.86. The molecule has 0 unspecified atom stereocenters. The molecule has 2 rings (SSSR count). The van der Waals surface area contributed by atoms with Crippen LogP contribution >= 0.6 is 11.6 Å². The van der Waals surface area contributed by atoms with Crippen LogP contribution in [0.1, 0.15) is 5.56 Å². The second-order valence-electron chi connectivity index (χ2n) is 4.33. The van der Waals surface area contributed by atoms with Crippen molar-refractivity contribution < 1.29 is 17.2 Å². The number of nitrogens with two attached hydrogens (primary N) is 1. The minimum absolute atomic E-state index is 0.162. The van der Waals surface area contributed by atoms with Crippen molar-refractivity contribution in [3.63, 3.8) is 0 Å². The van der Waals surface area contributed by atoms with Crippen LogP contribution in [0.25, 0.3) is 0 Å². The molecule has 0 heterocycles. The van der Waals surface area contributed by atoms with Gasteiger partial charge in [0.2, 0.25) is 0 Å². The molecule has 0 aliphatic heterocycles. The molecule has 0 spiro atoms. The van der Waals surface area contributed by atoms with Crippen molar-refractivity contribution in [2.45, 2.75) is 11.8 Å². The molecular weight excluding hydrogens is 322 g/mol. The molecule has 0 saturated carbocycles. The van der Waals surface area contributed by atoms with Crippen LogP contribution < -0.4 is 10.5 Å². The number of benzene rings is 2. The average Bonchev–Trinajstić information content (AvgIpc) is 2.40. The summed E-state index contributed by atoms with van der Waals surface area (Å²) in [7, 11) is -4.14. The predicted octanol–water partition coefficient (Wildman–Crippen LogP) is 3.31. The van der Waals surface area contributed by atoms with Gasteiger partial charge in [-0.2, -0.15) is 0 Å². The molecule has 2 aromatic carbocycles. The van der Waals surface area contributed by atoms with Crippen molar-refractivity contribution in [3.8, 4) is 0 Å². The van der Waals surface area contributed by atoms with E-state index in [9.17, 15) is 17.2 Å². The first-order valence-electron chi connectivity index (χ1n) is 5.75. The summed E-state index contributed by atoms with van der Waals surface area (Å²) >= 11 is 5.88. The first-order valence-corrected chi connectivity index (χ1v) is 7.61. The summed E-state index contributed by atoms with van der Waals surface area (Å²) in [6.45, 7) is 1.63. The molecule has 0 fully saturated rings. The van der Waals surface area contributed by atoms with Crippen molar-refractivity contribution >= 4 is 33.0 Å². The Morgan fingerprint density at radius 1 is 1.24 bits per heavy atom. The molecule has 0 aliphatic rings. The molecule has 3 N–H and O–H groups in total. The minimum Gasteiger partial charge on any atom is -0.398 e. The third kappa shape index (κ3) is 3.08. The maximum atomic E-state index is 13.5. The summed E-state index contributed by atoms with van der Waals surface area (Å²) in [5.41, 5.74) is 5.88. The van der Waals surface area contributed by atoms with Gasteiger partial charge in [-0.1, -0.05) is 17.7 Å². The van der Waals surface area contributed by atoms with Crippen molar-refractivity contribution in [3.05, 3.63) is 52.6 Å². The van der Waals surface area contributed by atoms with Gasteiger partial charge < -0.3 is 5.73 Å². The second kappa shape index (κ2) is 5.50. The van der Waals surface area contributed by atoms with E-state index in [-0.39, 0.29) is 15.6 Å². The monoisotopic (exact) mass is 332 g/mol. The Bertz CT molecular complexity index is 787. The fraction of sp³-hybridized carbons (Fsp3) is 0.0769. The highest BCUT2D eigenvalue weighted by Gasteiger charge is 2.19. The molecule has 0 radical (unpaired) electrons. The van der Waals surface area contributed by atoms with Gasteiger partial charge in [0.05, 0.1) is 10.6 Å². The molecule has 0 aliphatic carbocycles. The highest BCUT2D eigenvalue weighted by atomic mass is 35.5. The van der Waals surface area contributed by atoms with Gasteiger partial charge in [-0.25, -0.2) is 17.2 Å².